The molecular weight excluding hydrogens is 196 g/mol. The van der Waals surface area contributed by atoms with Crippen molar-refractivity contribution in [2.75, 3.05) is 0 Å². The maximum Gasteiger partial charge on any atom is 0.0596 e. The molecule has 0 amide bonds. The Hall–Kier alpha value is -0.0400. The van der Waals surface area contributed by atoms with Crippen LogP contribution in [0, 0.1) is 23.7 Å². The van der Waals surface area contributed by atoms with E-state index in [9.17, 15) is 5.11 Å². The summed E-state index contributed by atoms with van der Waals surface area (Å²) in [7, 11) is 0. The summed E-state index contributed by atoms with van der Waals surface area (Å²) in [6.45, 7) is 4.71. The van der Waals surface area contributed by atoms with Gasteiger partial charge >= 0.3 is 0 Å². The van der Waals surface area contributed by atoms with Crippen LogP contribution in [0.1, 0.15) is 65.2 Å². The first-order valence-corrected chi connectivity index (χ1v) is 7.35. The zero-order valence-electron chi connectivity index (χ0n) is 11.0. The second kappa shape index (κ2) is 5.53. The summed E-state index contributed by atoms with van der Waals surface area (Å²) >= 11 is 0. The third-order valence-electron chi connectivity index (χ3n) is 4.83. The van der Waals surface area contributed by atoms with Gasteiger partial charge in [-0.1, -0.05) is 33.1 Å². The third kappa shape index (κ3) is 3.00. The molecule has 2 fully saturated rings. The molecule has 0 radical (unpaired) electrons. The van der Waals surface area contributed by atoms with E-state index < -0.39 is 0 Å². The van der Waals surface area contributed by atoms with Crippen molar-refractivity contribution in [2.24, 2.45) is 23.7 Å². The van der Waals surface area contributed by atoms with Crippen molar-refractivity contribution >= 4 is 0 Å². The first-order chi connectivity index (χ1) is 7.66. The van der Waals surface area contributed by atoms with Crippen LogP contribution in [0.4, 0.5) is 0 Å². The predicted molar refractivity (Wildman–Crippen MR) is 68.3 cm³/mol. The van der Waals surface area contributed by atoms with E-state index in [1.165, 1.54) is 51.4 Å². The van der Waals surface area contributed by atoms with Crippen LogP contribution in [0.3, 0.4) is 0 Å². The van der Waals surface area contributed by atoms with Crippen molar-refractivity contribution in [3.8, 4) is 0 Å². The molecule has 16 heavy (non-hydrogen) atoms. The van der Waals surface area contributed by atoms with Gasteiger partial charge in [0.15, 0.2) is 0 Å². The molecule has 2 saturated carbocycles. The number of rotatable bonds is 2. The minimum atomic E-state index is 0.00509. The SMILES string of the molecule is CC1CC(C)CC(C(O)C2CCCCC2)C1. The molecule has 0 heterocycles. The summed E-state index contributed by atoms with van der Waals surface area (Å²) in [6.07, 6.45) is 10.5. The van der Waals surface area contributed by atoms with Crippen LogP contribution >= 0.6 is 0 Å². The molecule has 0 aromatic heterocycles. The van der Waals surface area contributed by atoms with Crippen molar-refractivity contribution < 1.29 is 5.11 Å². The van der Waals surface area contributed by atoms with Gasteiger partial charge in [0, 0.05) is 0 Å². The molecule has 2 aliphatic carbocycles. The summed E-state index contributed by atoms with van der Waals surface area (Å²) in [5, 5.41) is 10.5. The largest absolute Gasteiger partial charge is 0.393 e. The van der Waals surface area contributed by atoms with E-state index >= 15 is 0 Å². The molecule has 2 rings (SSSR count). The minimum Gasteiger partial charge on any atom is -0.393 e. The van der Waals surface area contributed by atoms with Crippen molar-refractivity contribution in [2.45, 2.75) is 71.3 Å². The van der Waals surface area contributed by atoms with E-state index in [2.05, 4.69) is 13.8 Å². The molecule has 0 aliphatic heterocycles. The first kappa shape index (κ1) is 12.4. The van der Waals surface area contributed by atoms with Gasteiger partial charge in [0.25, 0.3) is 0 Å². The fourth-order valence-corrected chi connectivity index (χ4v) is 4.15. The van der Waals surface area contributed by atoms with Crippen molar-refractivity contribution in [1.29, 1.82) is 0 Å². The summed E-state index contributed by atoms with van der Waals surface area (Å²) in [4.78, 5) is 0. The molecule has 1 heteroatoms. The molecule has 2 aliphatic rings. The smallest absolute Gasteiger partial charge is 0.0596 e. The average molecular weight is 224 g/mol. The molecule has 3 atom stereocenters. The quantitative estimate of drug-likeness (QED) is 0.751. The molecule has 0 saturated heterocycles. The second-order valence-corrected chi connectivity index (χ2v) is 6.57. The summed E-state index contributed by atoms with van der Waals surface area (Å²) < 4.78 is 0. The first-order valence-electron chi connectivity index (χ1n) is 7.35. The lowest BCUT2D eigenvalue weighted by Crippen LogP contribution is -2.35. The van der Waals surface area contributed by atoms with Crippen molar-refractivity contribution in [3.05, 3.63) is 0 Å². The Morgan fingerprint density at radius 1 is 0.812 bits per heavy atom. The highest BCUT2D eigenvalue weighted by atomic mass is 16.3. The van der Waals surface area contributed by atoms with Gasteiger partial charge in [0.05, 0.1) is 6.10 Å². The van der Waals surface area contributed by atoms with E-state index in [-0.39, 0.29) is 6.10 Å². The van der Waals surface area contributed by atoms with Crippen LogP contribution in [0.25, 0.3) is 0 Å². The highest BCUT2D eigenvalue weighted by molar-refractivity contribution is 4.84. The Morgan fingerprint density at radius 2 is 1.38 bits per heavy atom. The monoisotopic (exact) mass is 224 g/mol. The average Bonchev–Trinajstić information content (AvgIpc) is 2.28. The van der Waals surface area contributed by atoms with Gasteiger partial charge in [-0.2, -0.15) is 0 Å². The van der Waals surface area contributed by atoms with Gasteiger partial charge in [0.1, 0.15) is 0 Å². The third-order valence-corrected chi connectivity index (χ3v) is 4.83. The Labute approximate surface area is 101 Å². The zero-order chi connectivity index (χ0) is 11.5. The molecule has 0 spiro atoms. The Bertz CT molecular complexity index is 197. The number of hydrogen-bond acceptors (Lipinski definition) is 1. The highest BCUT2D eigenvalue weighted by Crippen LogP contribution is 2.39. The highest BCUT2D eigenvalue weighted by Gasteiger charge is 2.33. The Kier molecular flexibility index (Phi) is 4.29. The normalized spacial score (nSPS) is 39.6. The van der Waals surface area contributed by atoms with Crippen LogP contribution in [-0.4, -0.2) is 11.2 Å². The van der Waals surface area contributed by atoms with Gasteiger partial charge in [-0.15, -0.1) is 0 Å². The maximum absolute atomic E-state index is 10.5. The van der Waals surface area contributed by atoms with Crippen LogP contribution in [0.5, 0.6) is 0 Å². The summed E-state index contributed by atoms with van der Waals surface area (Å²) in [5.74, 6) is 2.87. The van der Waals surface area contributed by atoms with E-state index in [0.29, 0.717) is 11.8 Å². The van der Waals surface area contributed by atoms with Gasteiger partial charge in [-0.25, -0.2) is 0 Å². The lowest BCUT2D eigenvalue weighted by atomic mass is 9.70. The maximum atomic E-state index is 10.5. The van der Waals surface area contributed by atoms with E-state index in [0.717, 1.165) is 11.8 Å². The molecular formula is C15H28O. The summed E-state index contributed by atoms with van der Waals surface area (Å²) in [5.41, 5.74) is 0. The van der Waals surface area contributed by atoms with Crippen molar-refractivity contribution in [1.82, 2.24) is 0 Å². The van der Waals surface area contributed by atoms with Crippen LogP contribution in [0.2, 0.25) is 0 Å². The van der Waals surface area contributed by atoms with E-state index in [1.807, 2.05) is 0 Å². The van der Waals surface area contributed by atoms with E-state index in [1.54, 1.807) is 0 Å². The Balaban J connectivity index is 1.89. The molecule has 0 aromatic rings. The predicted octanol–water partition coefficient (Wildman–Crippen LogP) is 4.00. The van der Waals surface area contributed by atoms with Gasteiger partial charge < -0.3 is 5.11 Å². The Morgan fingerprint density at radius 3 is 1.94 bits per heavy atom. The molecule has 3 unspecified atom stereocenters. The fraction of sp³-hybridized carbons (Fsp3) is 1.00. The van der Waals surface area contributed by atoms with Gasteiger partial charge in [0.2, 0.25) is 0 Å². The zero-order valence-corrected chi connectivity index (χ0v) is 11.0. The van der Waals surface area contributed by atoms with Gasteiger partial charge in [-0.3, -0.25) is 0 Å². The van der Waals surface area contributed by atoms with Crippen LogP contribution < -0.4 is 0 Å². The van der Waals surface area contributed by atoms with Crippen LogP contribution in [0.15, 0.2) is 0 Å². The lowest BCUT2D eigenvalue weighted by Gasteiger charge is -2.38. The molecule has 0 aromatic carbocycles. The fourth-order valence-electron chi connectivity index (χ4n) is 4.15. The second-order valence-electron chi connectivity index (χ2n) is 6.57. The molecule has 1 N–H and O–H groups in total. The standard InChI is InChI=1S/C15H28O/c1-11-8-12(2)10-14(9-11)15(16)13-6-4-3-5-7-13/h11-16H,3-10H2,1-2H3. The molecule has 0 bridgehead atoms. The minimum absolute atomic E-state index is 0.00509. The van der Waals surface area contributed by atoms with Gasteiger partial charge in [-0.05, 0) is 55.8 Å². The topological polar surface area (TPSA) is 20.2 Å². The number of aliphatic hydroxyl groups is 1. The number of hydrogen-bond donors (Lipinski definition) is 1. The molecule has 1 nitrogen and oxygen atoms in total. The number of aliphatic hydroxyl groups excluding tert-OH is 1. The van der Waals surface area contributed by atoms with Crippen LogP contribution in [-0.2, 0) is 0 Å². The summed E-state index contributed by atoms with van der Waals surface area (Å²) in [6, 6.07) is 0. The van der Waals surface area contributed by atoms with E-state index in [4.69, 9.17) is 0 Å². The van der Waals surface area contributed by atoms with Crippen molar-refractivity contribution in [3.63, 3.8) is 0 Å². The lowest BCUT2D eigenvalue weighted by molar-refractivity contribution is 0.000725. The molecule has 94 valence electrons.